The van der Waals surface area contributed by atoms with Gasteiger partial charge in [-0.1, -0.05) is 0 Å². The second-order valence-corrected chi connectivity index (χ2v) is 7.19. The number of rotatable bonds is 2. The fourth-order valence-corrected chi connectivity index (χ4v) is 3.89. The number of aromatic nitrogens is 3. The largest absolute Gasteiger partial charge is 0.336 e. The molecule has 26 heavy (non-hydrogen) atoms. The summed E-state index contributed by atoms with van der Waals surface area (Å²) in [5.41, 5.74) is 2.06. The summed E-state index contributed by atoms with van der Waals surface area (Å²) in [6.07, 6.45) is 5.91. The minimum absolute atomic E-state index is 0.0510. The van der Waals surface area contributed by atoms with Crippen molar-refractivity contribution in [2.75, 3.05) is 26.7 Å². The molecule has 2 aromatic rings. The van der Waals surface area contributed by atoms with Crippen molar-refractivity contribution in [2.45, 2.75) is 25.8 Å². The van der Waals surface area contributed by atoms with E-state index in [1.54, 1.807) is 12.4 Å². The fraction of sp³-hybridized carbons (Fsp3) is 0.474. The van der Waals surface area contributed by atoms with E-state index in [4.69, 9.17) is 0 Å². The van der Waals surface area contributed by atoms with E-state index in [1.165, 1.54) is 0 Å². The Hall–Kier alpha value is -2.54. The maximum absolute atomic E-state index is 12.9. The van der Waals surface area contributed by atoms with Crippen molar-refractivity contribution in [2.24, 2.45) is 5.92 Å². The molecular weight excluding hydrogens is 330 g/mol. The van der Waals surface area contributed by atoms with Gasteiger partial charge in [-0.25, -0.2) is 4.98 Å². The zero-order valence-corrected chi connectivity index (χ0v) is 14.9. The fourth-order valence-electron chi connectivity index (χ4n) is 3.89. The Morgan fingerprint density at radius 3 is 3.00 bits per heavy atom. The number of carbonyl (C=O) groups excluding carboxylic acids is 1. The number of likely N-dealkylation sites (tertiary alicyclic amines) is 1. The van der Waals surface area contributed by atoms with Crippen LogP contribution in [0.3, 0.4) is 0 Å². The standard InChI is InChI=1S/C19H23N5O2/c1-23-8-3-5-14(11-23)19(26)24-9-6-15-16(12-24)21-17(22-18(15)25)13-4-2-7-20-10-13/h2,4,7,10,14H,3,5-6,8-9,11-12H2,1H3,(H,21,22,25)/t14-/m0/s1. The Labute approximate surface area is 152 Å². The van der Waals surface area contributed by atoms with Crippen molar-refractivity contribution >= 4 is 5.91 Å². The number of hydrogen-bond donors (Lipinski definition) is 1. The lowest BCUT2D eigenvalue weighted by atomic mass is 9.95. The van der Waals surface area contributed by atoms with E-state index >= 15 is 0 Å². The molecule has 1 N–H and O–H groups in total. The zero-order chi connectivity index (χ0) is 18.1. The number of aromatic amines is 1. The number of H-pyrrole nitrogens is 1. The van der Waals surface area contributed by atoms with Crippen molar-refractivity contribution in [3.8, 4) is 11.4 Å². The van der Waals surface area contributed by atoms with Crippen molar-refractivity contribution < 1.29 is 4.79 Å². The molecule has 0 bridgehead atoms. The summed E-state index contributed by atoms with van der Waals surface area (Å²) in [5, 5.41) is 0. The third kappa shape index (κ3) is 3.26. The normalized spacial score (nSPS) is 20.7. The molecule has 7 nitrogen and oxygen atoms in total. The Morgan fingerprint density at radius 2 is 2.23 bits per heavy atom. The Bertz CT molecular complexity index is 864. The molecule has 1 fully saturated rings. The number of fused-ring (bicyclic) bond motifs is 1. The van der Waals surface area contributed by atoms with Crippen molar-refractivity contribution in [3.05, 3.63) is 46.1 Å². The van der Waals surface area contributed by atoms with E-state index in [2.05, 4.69) is 26.9 Å². The van der Waals surface area contributed by atoms with Gasteiger partial charge in [0.2, 0.25) is 5.91 Å². The van der Waals surface area contributed by atoms with Gasteiger partial charge in [0.1, 0.15) is 5.82 Å². The third-order valence-electron chi connectivity index (χ3n) is 5.29. The highest BCUT2D eigenvalue weighted by atomic mass is 16.2. The molecule has 4 rings (SSSR count). The molecular formula is C19H23N5O2. The second kappa shape index (κ2) is 6.99. The molecule has 4 heterocycles. The first-order valence-electron chi connectivity index (χ1n) is 9.11. The minimum atomic E-state index is -0.113. The number of piperidine rings is 1. The van der Waals surface area contributed by atoms with Gasteiger partial charge in [-0.3, -0.25) is 14.6 Å². The average Bonchev–Trinajstić information content (AvgIpc) is 2.67. The van der Waals surface area contributed by atoms with Gasteiger partial charge in [0.25, 0.3) is 5.56 Å². The first kappa shape index (κ1) is 16.9. The number of hydrogen-bond acceptors (Lipinski definition) is 5. The quantitative estimate of drug-likeness (QED) is 0.873. The number of nitrogens with zero attached hydrogens (tertiary/aromatic N) is 4. The van der Waals surface area contributed by atoms with Gasteiger partial charge < -0.3 is 14.8 Å². The molecule has 0 spiro atoms. The summed E-state index contributed by atoms with van der Waals surface area (Å²) < 4.78 is 0. The average molecular weight is 353 g/mol. The van der Waals surface area contributed by atoms with Crippen LogP contribution in [0.4, 0.5) is 0 Å². The van der Waals surface area contributed by atoms with Crippen LogP contribution in [0.15, 0.2) is 29.3 Å². The van der Waals surface area contributed by atoms with Crippen LogP contribution < -0.4 is 5.56 Å². The molecule has 0 aromatic carbocycles. The van der Waals surface area contributed by atoms with E-state index in [9.17, 15) is 9.59 Å². The van der Waals surface area contributed by atoms with Crippen molar-refractivity contribution in [1.29, 1.82) is 0 Å². The van der Waals surface area contributed by atoms with E-state index < -0.39 is 0 Å². The van der Waals surface area contributed by atoms with Gasteiger partial charge in [0, 0.05) is 36.6 Å². The molecule has 1 amide bonds. The maximum Gasteiger partial charge on any atom is 0.254 e. The van der Waals surface area contributed by atoms with Gasteiger partial charge >= 0.3 is 0 Å². The molecule has 2 aromatic heterocycles. The molecule has 0 aliphatic carbocycles. The van der Waals surface area contributed by atoms with Gasteiger partial charge in [-0.05, 0) is 45.0 Å². The van der Waals surface area contributed by atoms with Crippen LogP contribution >= 0.6 is 0 Å². The SMILES string of the molecule is CN1CCC[C@H](C(=O)N2CCc3c(nc(-c4cccnc4)[nH]c3=O)C2)C1. The van der Waals surface area contributed by atoms with Crippen LogP contribution in [0.25, 0.3) is 11.4 Å². The third-order valence-corrected chi connectivity index (χ3v) is 5.29. The highest BCUT2D eigenvalue weighted by Gasteiger charge is 2.31. The summed E-state index contributed by atoms with van der Waals surface area (Å²) in [6, 6.07) is 3.67. The molecule has 7 heteroatoms. The first-order chi connectivity index (χ1) is 12.6. The molecule has 1 saturated heterocycles. The van der Waals surface area contributed by atoms with Gasteiger partial charge in [-0.15, -0.1) is 0 Å². The zero-order valence-electron chi connectivity index (χ0n) is 14.9. The minimum Gasteiger partial charge on any atom is -0.336 e. The molecule has 0 saturated carbocycles. The Morgan fingerprint density at radius 1 is 1.35 bits per heavy atom. The molecule has 1 atom stereocenters. The lowest BCUT2D eigenvalue weighted by molar-refractivity contribution is -0.138. The summed E-state index contributed by atoms with van der Waals surface area (Å²) in [7, 11) is 2.06. The van der Waals surface area contributed by atoms with E-state index in [0.717, 1.165) is 31.5 Å². The highest BCUT2D eigenvalue weighted by molar-refractivity contribution is 5.79. The summed E-state index contributed by atoms with van der Waals surface area (Å²) in [4.78, 5) is 41.0. The second-order valence-electron chi connectivity index (χ2n) is 7.19. The molecule has 2 aliphatic heterocycles. The predicted molar refractivity (Wildman–Crippen MR) is 97.4 cm³/mol. The number of carbonyl (C=O) groups is 1. The lowest BCUT2D eigenvalue weighted by Gasteiger charge is -2.35. The first-order valence-corrected chi connectivity index (χ1v) is 9.11. The molecule has 136 valence electrons. The predicted octanol–water partition coefficient (Wildman–Crippen LogP) is 1.06. The smallest absolute Gasteiger partial charge is 0.254 e. The topological polar surface area (TPSA) is 82.2 Å². The summed E-state index contributed by atoms with van der Waals surface area (Å²) in [5.74, 6) is 0.746. The number of pyridine rings is 1. The van der Waals surface area contributed by atoms with Crippen molar-refractivity contribution in [1.82, 2.24) is 24.8 Å². The molecule has 0 radical (unpaired) electrons. The van der Waals surface area contributed by atoms with Crippen LogP contribution in [0.5, 0.6) is 0 Å². The lowest BCUT2D eigenvalue weighted by Crippen LogP contribution is -2.46. The molecule has 0 unspecified atom stereocenters. The number of amides is 1. The van der Waals surface area contributed by atoms with Crippen LogP contribution in [0, 0.1) is 5.92 Å². The van der Waals surface area contributed by atoms with Crippen LogP contribution in [-0.4, -0.2) is 57.3 Å². The summed E-state index contributed by atoms with van der Waals surface area (Å²) >= 11 is 0. The Kier molecular flexibility index (Phi) is 4.55. The van der Waals surface area contributed by atoms with Crippen LogP contribution in [0.2, 0.25) is 0 Å². The summed E-state index contributed by atoms with van der Waals surface area (Å²) in [6.45, 7) is 2.86. The monoisotopic (exact) mass is 353 g/mol. The van der Waals surface area contributed by atoms with Crippen LogP contribution in [-0.2, 0) is 17.8 Å². The van der Waals surface area contributed by atoms with Crippen LogP contribution in [0.1, 0.15) is 24.1 Å². The van der Waals surface area contributed by atoms with Gasteiger partial charge in [0.05, 0.1) is 18.2 Å². The van der Waals surface area contributed by atoms with Gasteiger partial charge in [0.15, 0.2) is 0 Å². The van der Waals surface area contributed by atoms with E-state index in [1.807, 2.05) is 17.0 Å². The van der Waals surface area contributed by atoms with E-state index in [0.29, 0.717) is 36.6 Å². The Balaban J connectivity index is 1.58. The highest BCUT2D eigenvalue weighted by Crippen LogP contribution is 2.23. The van der Waals surface area contributed by atoms with Gasteiger partial charge in [-0.2, -0.15) is 0 Å². The maximum atomic E-state index is 12.9. The number of nitrogens with one attached hydrogen (secondary N) is 1. The molecule has 2 aliphatic rings. The van der Waals surface area contributed by atoms with E-state index in [-0.39, 0.29) is 17.4 Å². The van der Waals surface area contributed by atoms with Crippen molar-refractivity contribution in [3.63, 3.8) is 0 Å².